The van der Waals surface area contributed by atoms with Crippen molar-refractivity contribution in [2.24, 2.45) is 11.3 Å². The predicted octanol–water partition coefficient (Wildman–Crippen LogP) is -0.0383. The van der Waals surface area contributed by atoms with Gasteiger partial charge in [-0.3, -0.25) is 0 Å². The van der Waals surface area contributed by atoms with Crippen LogP contribution in [0.5, 0.6) is 0 Å². The number of allylic oxidation sites excluding steroid dienone is 1. The highest BCUT2D eigenvalue weighted by Gasteiger charge is 2.60. The molecule has 2 aliphatic rings. The lowest BCUT2D eigenvalue weighted by Gasteiger charge is -2.30. The van der Waals surface area contributed by atoms with Crippen LogP contribution in [0.15, 0.2) is 23.6 Å². The number of fused-ring (bicyclic) bond motifs is 2. The number of hydrogen-bond acceptors (Lipinski definition) is 8. The smallest absolute Gasteiger partial charge is 0.191 e. The van der Waals surface area contributed by atoms with Crippen LogP contribution in [-0.2, 0) is 0 Å². The maximum absolute atomic E-state index is 10.7. The monoisotopic (exact) mass is 349 g/mol. The van der Waals surface area contributed by atoms with E-state index >= 15 is 0 Å². The summed E-state index contributed by atoms with van der Waals surface area (Å²) in [4.78, 5) is 12.9. The number of nitrogens with two attached hydrogens (primary N) is 1. The molecule has 128 valence electrons. The molecule has 2 aliphatic carbocycles. The first kappa shape index (κ1) is 15.8. The van der Waals surface area contributed by atoms with Gasteiger partial charge in [-0.15, -0.1) is 0 Å². The number of rotatable bonds is 3. The third-order valence-electron chi connectivity index (χ3n) is 5.35. The van der Waals surface area contributed by atoms with Crippen molar-refractivity contribution in [3.63, 3.8) is 0 Å². The van der Waals surface area contributed by atoms with Gasteiger partial charge in [-0.25, -0.2) is 15.0 Å². The highest BCUT2D eigenvalue weighted by atomic mass is 32.2. The fourth-order valence-electron chi connectivity index (χ4n) is 4.14. The third-order valence-corrected chi connectivity index (χ3v) is 5.90. The fourth-order valence-corrected chi connectivity index (χ4v) is 4.51. The summed E-state index contributed by atoms with van der Waals surface area (Å²) in [5.74, 6) is 0.146. The van der Waals surface area contributed by atoms with Crippen molar-refractivity contribution in [1.82, 2.24) is 19.5 Å². The lowest BCUT2D eigenvalue weighted by Crippen LogP contribution is -2.38. The molecule has 0 radical (unpaired) electrons. The van der Waals surface area contributed by atoms with Crippen LogP contribution in [0.4, 0.5) is 5.82 Å². The molecule has 0 bridgehead atoms. The molecule has 2 aromatic heterocycles. The van der Waals surface area contributed by atoms with Crippen LogP contribution >= 0.6 is 11.8 Å². The molecule has 9 heteroatoms. The van der Waals surface area contributed by atoms with Gasteiger partial charge >= 0.3 is 0 Å². The number of aliphatic hydroxyl groups is 3. The quantitative estimate of drug-likeness (QED) is 0.345. The van der Waals surface area contributed by atoms with Crippen LogP contribution in [0.3, 0.4) is 0 Å². The normalized spacial score (nSPS) is 35.0. The molecule has 2 heterocycles. The van der Waals surface area contributed by atoms with Gasteiger partial charge in [0, 0.05) is 5.41 Å². The lowest BCUT2D eigenvalue weighted by molar-refractivity contribution is -0.0315. The Labute approximate surface area is 142 Å². The number of aromatic nitrogens is 4. The van der Waals surface area contributed by atoms with Crippen LogP contribution in [0.1, 0.15) is 12.5 Å². The number of nitrogen functional groups attached to an aromatic ring is 1. The van der Waals surface area contributed by atoms with Crippen LogP contribution < -0.4 is 5.73 Å². The fraction of sp³-hybridized carbons (Fsp3) is 0.533. The number of imidazole rings is 1. The molecule has 1 fully saturated rings. The van der Waals surface area contributed by atoms with Gasteiger partial charge in [0.25, 0.3) is 0 Å². The second-order valence-corrected chi connectivity index (χ2v) is 7.13. The average Bonchev–Trinajstić information content (AvgIpc) is 3.24. The van der Waals surface area contributed by atoms with Crippen molar-refractivity contribution in [2.75, 3.05) is 18.6 Å². The Bertz CT molecular complexity index is 825. The summed E-state index contributed by atoms with van der Waals surface area (Å²) in [5, 5.41) is 31.6. The summed E-state index contributed by atoms with van der Waals surface area (Å²) < 4.78 is 1.76. The maximum atomic E-state index is 10.7. The molecule has 0 amide bonds. The maximum Gasteiger partial charge on any atom is 0.191 e. The molecule has 0 unspecified atom stereocenters. The Balaban J connectivity index is 1.87. The summed E-state index contributed by atoms with van der Waals surface area (Å²) in [7, 11) is 0. The molecule has 0 spiro atoms. The molecule has 24 heavy (non-hydrogen) atoms. The van der Waals surface area contributed by atoms with Gasteiger partial charge in [-0.1, -0.05) is 23.9 Å². The number of hydrogen-bond donors (Lipinski definition) is 4. The van der Waals surface area contributed by atoms with Crippen molar-refractivity contribution in [2.45, 2.75) is 29.8 Å². The Morgan fingerprint density at radius 1 is 1.42 bits per heavy atom. The first-order valence-corrected chi connectivity index (χ1v) is 8.94. The highest BCUT2D eigenvalue weighted by molar-refractivity contribution is 7.98. The van der Waals surface area contributed by atoms with E-state index in [1.807, 2.05) is 18.4 Å². The molecule has 4 rings (SSSR count). The van der Waals surface area contributed by atoms with Crippen LogP contribution in [0.25, 0.3) is 11.2 Å². The second kappa shape index (κ2) is 5.41. The summed E-state index contributed by atoms with van der Waals surface area (Å²) in [6.45, 7) is -0.220. The van der Waals surface area contributed by atoms with Crippen LogP contribution in [0.2, 0.25) is 0 Å². The Hall–Kier alpha value is -1.68. The van der Waals surface area contributed by atoms with Gasteiger partial charge in [0.15, 0.2) is 16.6 Å². The van der Waals surface area contributed by atoms with Crippen molar-refractivity contribution < 1.29 is 15.3 Å². The van der Waals surface area contributed by atoms with Gasteiger partial charge in [0.2, 0.25) is 0 Å². The molecule has 2 aromatic rings. The zero-order chi connectivity index (χ0) is 17.1. The Morgan fingerprint density at radius 2 is 2.21 bits per heavy atom. The minimum absolute atomic E-state index is 0.140. The van der Waals surface area contributed by atoms with E-state index in [-0.39, 0.29) is 18.3 Å². The van der Waals surface area contributed by atoms with E-state index in [1.165, 1.54) is 11.8 Å². The Morgan fingerprint density at radius 3 is 2.92 bits per heavy atom. The molecular formula is C15H19N5O3S. The van der Waals surface area contributed by atoms with Crippen molar-refractivity contribution in [1.29, 1.82) is 0 Å². The highest BCUT2D eigenvalue weighted by Crippen LogP contribution is 2.55. The predicted molar refractivity (Wildman–Crippen MR) is 89.3 cm³/mol. The van der Waals surface area contributed by atoms with Crippen LogP contribution in [-0.4, -0.2) is 59.9 Å². The first-order valence-electron chi connectivity index (χ1n) is 7.72. The van der Waals surface area contributed by atoms with Gasteiger partial charge in [-0.05, 0) is 18.6 Å². The van der Waals surface area contributed by atoms with E-state index in [4.69, 9.17) is 5.73 Å². The van der Waals surface area contributed by atoms with E-state index in [0.717, 1.165) is 0 Å². The standard InChI is InChI=1S/C15H19N5O3S/c1-24-14-18-12(16)8-13(19-14)20(6-17-8)9-7-3-2-4-15(7,5-21)11(23)10(9)22/h2,4,6-7,9-11,21-23H,3,5H2,1H3,(H2,16,18,19)/t7-,9-,10+,11+,15+/m1/s1. The summed E-state index contributed by atoms with van der Waals surface area (Å²) >= 11 is 1.37. The SMILES string of the molecule is CSc1nc(N)c2ncn([C@H]3[C@H](O)[C@H](O)[C@]4(CO)C=CC[C@H]34)c2n1. The van der Waals surface area contributed by atoms with Gasteiger partial charge in [-0.2, -0.15) is 0 Å². The zero-order valence-corrected chi connectivity index (χ0v) is 13.9. The minimum Gasteiger partial charge on any atom is -0.395 e. The van der Waals surface area contributed by atoms with E-state index in [0.29, 0.717) is 22.7 Å². The topological polar surface area (TPSA) is 130 Å². The molecular weight excluding hydrogens is 330 g/mol. The lowest BCUT2D eigenvalue weighted by atomic mass is 9.79. The molecule has 1 saturated carbocycles. The van der Waals surface area contributed by atoms with Crippen LogP contribution in [0, 0.1) is 11.3 Å². The van der Waals surface area contributed by atoms with Crippen molar-refractivity contribution in [3.05, 3.63) is 18.5 Å². The zero-order valence-electron chi connectivity index (χ0n) is 13.1. The van der Waals surface area contributed by atoms with E-state index in [9.17, 15) is 15.3 Å². The Kier molecular flexibility index (Phi) is 3.57. The third kappa shape index (κ3) is 1.89. The second-order valence-electron chi connectivity index (χ2n) is 6.36. The van der Waals surface area contributed by atoms with Crippen molar-refractivity contribution >= 4 is 28.7 Å². The molecule has 5 atom stereocenters. The largest absolute Gasteiger partial charge is 0.395 e. The molecule has 0 aromatic carbocycles. The first-order chi connectivity index (χ1) is 11.5. The van der Waals surface area contributed by atoms with Gasteiger partial charge < -0.3 is 25.6 Å². The number of aliphatic hydroxyl groups excluding tert-OH is 3. The average molecular weight is 349 g/mol. The minimum atomic E-state index is -1.05. The number of anilines is 1. The van der Waals surface area contributed by atoms with Gasteiger partial charge in [0.05, 0.1) is 25.1 Å². The molecule has 5 N–H and O–H groups in total. The van der Waals surface area contributed by atoms with E-state index in [1.54, 1.807) is 10.9 Å². The van der Waals surface area contributed by atoms with E-state index < -0.39 is 23.7 Å². The molecule has 8 nitrogen and oxygen atoms in total. The number of nitrogens with zero attached hydrogens (tertiary/aromatic N) is 4. The summed E-state index contributed by atoms with van der Waals surface area (Å²) in [6.07, 6.45) is 5.78. The summed E-state index contributed by atoms with van der Waals surface area (Å²) in [5.41, 5.74) is 6.13. The summed E-state index contributed by atoms with van der Waals surface area (Å²) in [6, 6.07) is -0.448. The van der Waals surface area contributed by atoms with E-state index in [2.05, 4.69) is 15.0 Å². The molecule has 0 saturated heterocycles. The van der Waals surface area contributed by atoms with Gasteiger partial charge in [0.1, 0.15) is 11.6 Å². The molecule has 0 aliphatic heterocycles. The number of thioether (sulfide) groups is 1. The van der Waals surface area contributed by atoms with Crippen molar-refractivity contribution in [3.8, 4) is 0 Å².